The summed E-state index contributed by atoms with van der Waals surface area (Å²) in [7, 11) is 0. The normalized spacial score (nSPS) is 24.1. The second-order valence-corrected chi connectivity index (χ2v) is 6.76. The van der Waals surface area contributed by atoms with E-state index in [1.807, 2.05) is 74.5 Å². The van der Waals surface area contributed by atoms with Crippen molar-refractivity contribution in [2.24, 2.45) is 5.92 Å². The summed E-state index contributed by atoms with van der Waals surface area (Å²) >= 11 is 0. The third kappa shape index (κ3) is 3.65. The van der Waals surface area contributed by atoms with Gasteiger partial charge in [0.1, 0.15) is 11.7 Å². The van der Waals surface area contributed by atoms with E-state index >= 15 is 0 Å². The number of hydrogen-bond acceptors (Lipinski definition) is 3. The van der Waals surface area contributed by atoms with E-state index in [9.17, 15) is 9.59 Å². The molecule has 1 saturated carbocycles. The highest BCUT2D eigenvalue weighted by Gasteiger charge is 2.48. The Labute approximate surface area is 149 Å². The van der Waals surface area contributed by atoms with Crippen molar-refractivity contribution in [1.82, 2.24) is 0 Å². The van der Waals surface area contributed by atoms with Crippen LogP contribution in [-0.2, 0) is 14.3 Å². The maximum Gasteiger partial charge on any atom is 0.317 e. The number of carbonyl (C=O) groups excluding carboxylic acids is 2. The summed E-state index contributed by atoms with van der Waals surface area (Å²) in [6.07, 6.45) is 0.946. The Balaban J connectivity index is 1.98. The van der Waals surface area contributed by atoms with Crippen molar-refractivity contribution < 1.29 is 14.3 Å². The molecule has 3 rings (SSSR count). The standard InChI is InChI=1S/C22H24O3/c1-3-15(2)25-22(24)21-19(23)14-18(16-10-6-4-7-11-16)20(21)17-12-8-5-9-13-17/h4-13,15,18,20-21H,3,14H2,1-2H3. The SMILES string of the molecule is CCC(C)OC(=O)C1C(=O)CC(c2ccccc2)C1c1ccccc1. The predicted octanol–water partition coefficient (Wildman–Crippen LogP) is 4.48. The van der Waals surface area contributed by atoms with Crippen LogP contribution in [-0.4, -0.2) is 17.9 Å². The van der Waals surface area contributed by atoms with Crippen molar-refractivity contribution in [2.75, 3.05) is 0 Å². The van der Waals surface area contributed by atoms with E-state index in [2.05, 4.69) is 0 Å². The fourth-order valence-corrected chi connectivity index (χ4v) is 3.66. The molecular weight excluding hydrogens is 312 g/mol. The number of carbonyl (C=O) groups is 2. The lowest BCUT2D eigenvalue weighted by Gasteiger charge is -2.25. The molecule has 3 heteroatoms. The molecule has 0 aromatic heterocycles. The summed E-state index contributed by atoms with van der Waals surface area (Å²) < 4.78 is 5.53. The zero-order valence-corrected chi connectivity index (χ0v) is 14.7. The van der Waals surface area contributed by atoms with E-state index in [4.69, 9.17) is 4.74 Å². The molecule has 0 amide bonds. The van der Waals surface area contributed by atoms with Crippen molar-refractivity contribution in [3.8, 4) is 0 Å². The van der Waals surface area contributed by atoms with E-state index in [-0.39, 0.29) is 29.7 Å². The first kappa shape index (κ1) is 17.4. The van der Waals surface area contributed by atoms with E-state index in [0.717, 1.165) is 17.5 Å². The molecule has 4 unspecified atom stereocenters. The Kier molecular flexibility index (Phi) is 5.32. The van der Waals surface area contributed by atoms with Gasteiger partial charge in [0, 0.05) is 12.3 Å². The number of ether oxygens (including phenoxy) is 1. The second-order valence-electron chi connectivity index (χ2n) is 6.76. The Morgan fingerprint density at radius 1 is 1.04 bits per heavy atom. The Morgan fingerprint density at radius 3 is 2.16 bits per heavy atom. The predicted molar refractivity (Wildman–Crippen MR) is 97.3 cm³/mol. The molecule has 0 spiro atoms. The average molecular weight is 336 g/mol. The van der Waals surface area contributed by atoms with Crippen molar-refractivity contribution >= 4 is 11.8 Å². The first-order chi connectivity index (χ1) is 12.1. The lowest BCUT2D eigenvalue weighted by atomic mass is 9.80. The van der Waals surface area contributed by atoms with Crippen LogP contribution >= 0.6 is 0 Å². The molecule has 0 N–H and O–H groups in total. The van der Waals surface area contributed by atoms with Gasteiger partial charge in [-0.05, 0) is 30.4 Å². The maximum atomic E-state index is 12.8. The molecule has 1 aliphatic rings. The van der Waals surface area contributed by atoms with Crippen LogP contribution in [0.15, 0.2) is 60.7 Å². The van der Waals surface area contributed by atoms with Crippen LogP contribution in [0.25, 0.3) is 0 Å². The van der Waals surface area contributed by atoms with E-state index in [1.165, 1.54) is 0 Å². The number of hydrogen-bond donors (Lipinski definition) is 0. The van der Waals surface area contributed by atoms with Gasteiger partial charge in [0.25, 0.3) is 0 Å². The molecule has 2 aromatic rings. The number of ketones is 1. The Morgan fingerprint density at radius 2 is 1.60 bits per heavy atom. The largest absolute Gasteiger partial charge is 0.462 e. The lowest BCUT2D eigenvalue weighted by Crippen LogP contribution is -2.29. The summed E-state index contributed by atoms with van der Waals surface area (Å²) in [6, 6.07) is 19.9. The molecule has 4 atom stereocenters. The Hall–Kier alpha value is -2.42. The van der Waals surface area contributed by atoms with Gasteiger partial charge in [-0.2, -0.15) is 0 Å². The molecule has 0 radical (unpaired) electrons. The second kappa shape index (κ2) is 7.64. The minimum Gasteiger partial charge on any atom is -0.462 e. The first-order valence-electron chi connectivity index (χ1n) is 8.95. The van der Waals surface area contributed by atoms with Crippen LogP contribution in [0.5, 0.6) is 0 Å². The number of rotatable bonds is 5. The fourth-order valence-electron chi connectivity index (χ4n) is 3.66. The number of benzene rings is 2. The summed E-state index contributed by atoms with van der Waals surface area (Å²) in [4.78, 5) is 25.5. The molecule has 25 heavy (non-hydrogen) atoms. The van der Waals surface area contributed by atoms with Gasteiger partial charge in [-0.25, -0.2) is 0 Å². The summed E-state index contributed by atoms with van der Waals surface area (Å²) in [5.74, 6) is -1.29. The van der Waals surface area contributed by atoms with Crippen LogP contribution in [0, 0.1) is 5.92 Å². The molecule has 130 valence electrons. The summed E-state index contributed by atoms with van der Waals surface area (Å²) in [5.41, 5.74) is 2.12. The van der Waals surface area contributed by atoms with Gasteiger partial charge >= 0.3 is 5.97 Å². The van der Waals surface area contributed by atoms with E-state index in [0.29, 0.717) is 6.42 Å². The maximum absolute atomic E-state index is 12.8. The van der Waals surface area contributed by atoms with Gasteiger partial charge in [0.05, 0.1) is 6.10 Å². The molecule has 0 heterocycles. The topological polar surface area (TPSA) is 43.4 Å². The average Bonchev–Trinajstić information content (AvgIpc) is 3.00. The summed E-state index contributed by atoms with van der Waals surface area (Å²) in [6.45, 7) is 3.83. The van der Waals surface area contributed by atoms with Gasteiger partial charge in [-0.15, -0.1) is 0 Å². The van der Waals surface area contributed by atoms with Crippen LogP contribution < -0.4 is 0 Å². The van der Waals surface area contributed by atoms with Crippen molar-refractivity contribution in [3.05, 3.63) is 71.8 Å². The third-order valence-electron chi connectivity index (χ3n) is 5.12. The number of Topliss-reactive ketones (excluding diaryl/α,β-unsaturated/α-hetero) is 1. The molecule has 1 fully saturated rings. The first-order valence-corrected chi connectivity index (χ1v) is 8.95. The van der Waals surface area contributed by atoms with E-state index in [1.54, 1.807) is 0 Å². The zero-order valence-electron chi connectivity index (χ0n) is 14.7. The molecule has 3 nitrogen and oxygen atoms in total. The lowest BCUT2D eigenvalue weighted by molar-refractivity contribution is -0.155. The highest BCUT2D eigenvalue weighted by atomic mass is 16.5. The van der Waals surface area contributed by atoms with Gasteiger partial charge in [0.2, 0.25) is 0 Å². The Bertz CT molecular complexity index is 723. The van der Waals surface area contributed by atoms with Crippen molar-refractivity contribution in [1.29, 1.82) is 0 Å². The molecule has 2 aromatic carbocycles. The quantitative estimate of drug-likeness (QED) is 0.597. The van der Waals surface area contributed by atoms with Crippen LogP contribution in [0.1, 0.15) is 49.7 Å². The number of esters is 1. The highest BCUT2D eigenvalue weighted by Crippen LogP contribution is 2.48. The van der Waals surface area contributed by atoms with E-state index < -0.39 is 5.92 Å². The van der Waals surface area contributed by atoms with Gasteiger partial charge in [0.15, 0.2) is 0 Å². The fraction of sp³-hybridized carbons (Fsp3) is 0.364. The highest BCUT2D eigenvalue weighted by molar-refractivity contribution is 6.02. The van der Waals surface area contributed by atoms with Gasteiger partial charge in [-0.3, -0.25) is 9.59 Å². The van der Waals surface area contributed by atoms with Crippen LogP contribution in [0.2, 0.25) is 0 Å². The van der Waals surface area contributed by atoms with Gasteiger partial charge < -0.3 is 4.74 Å². The molecule has 0 saturated heterocycles. The minimum absolute atomic E-state index is 0.00517. The monoisotopic (exact) mass is 336 g/mol. The molecule has 0 aliphatic heterocycles. The smallest absolute Gasteiger partial charge is 0.317 e. The summed E-state index contributed by atoms with van der Waals surface area (Å²) in [5, 5.41) is 0. The van der Waals surface area contributed by atoms with Crippen molar-refractivity contribution in [2.45, 2.75) is 44.6 Å². The van der Waals surface area contributed by atoms with Crippen molar-refractivity contribution in [3.63, 3.8) is 0 Å². The van der Waals surface area contributed by atoms with Gasteiger partial charge in [-0.1, -0.05) is 67.6 Å². The van der Waals surface area contributed by atoms with Crippen LogP contribution in [0.3, 0.4) is 0 Å². The van der Waals surface area contributed by atoms with Crippen LogP contribution in [0.4, 0.5) is 0 Å². The molecular formula is C22H24O3. The molecule has 1 aliphatic carbocycles. The zero-order chi connectivity index (χ0) is 17.8. The molecule has 0 bridgehead atoms. The third-order valence-corrected chi connectivity index (χ3v) is 5.12. The minimum atomic E-state index is -0.721.